The minimum absolute atomic E-state index is 0. The van der Waals surface area contributed by atoms with Crippen LogP contribution in [0.25, 0.3) is 0 Å². The zero-order chi connectivity index (χ0) is 2.00. The zero-order valence-electron chi connectivity index (χ0n) is 2.10. The van der Waals surface area contributed by atoms with Crippen LogP contribution in [0.2, 0.25) is 0 Å². The quantitative estimate of drug-likeness (QED) is 0.273. The SMILES string of the molecule is NN.O.[V]. The first-order valence-corrected chi connectivity index (χ1v) is 0.333. The smallest absolute Gasteiger partial charge is 0 e. The fourth-order valence-corrected chi connectivity index (χ4v) is 0. The van der Waals surface area contributed by atoms with Gasteiger partial charge in [-0.3, -0.25) is 11.7 Å². The number of nitrogens with two attached hydrogens (primary N) is 2. The number of hydrazine groups is 1. The van der Waals surface area contributed by atoms with Crippen molar-refractivity contribution >= 4 is 0 Å². The Kier molecular flexibility index (Phi) is 609. The Hall–Kier alpha value is 0.464. The third-order valence-corrected chi connectivity index (χ3v) is 0. The first-order chi connectivity index (χ1) is 1.00. The van der Waals surface area contributed by atoms with Gasteiger partial charge >= 0.3 is 0 Å². The van der Waals surface area contributed by atoms with Crippen molar-refractivity contribution in [2.45, 2.75) is 0 Å². The van der Waals surface area contributed by atoms with Crippen molar-refractivity contribution in [3.05, 3.63) is 0 Å². The molecule has 0 aromatic heterocycles. The summed E-state index contributed by atoms with van der Waals surface area (Å²) in [6, 6.07) is 0. The van der Waals surface area contributed by atoms with Gasteiger partial charge in [0.1, 0.15) is 0 Å². The molecule has 0 aliphatic heterocycles. The second-order valence-electron chi connectivity index (χ2n) is 0. The van der Waals surface area contributed by atoms with Gasteiger partial charge in [-0.2, -0.15) is 0 Å². The molecule has 0 aliphatic carbocycles. The van der Waals surface area contributed by atoms with E-state index >= 15 is 0 Å². The Bertz CT molecular complexity index is 6.00. The molecule has 0 saturated heterocycles. The van der Waals surface area contributed by atoms with Crippen LogP contribution in [0.1, 0.15) is 0 Å². The molecule has 3 nitrogen and oxygen atoms in total. The van der Waals surface area contributed by atoms with E-state index in [1.165, 1.54) is 0 Å². The molecule has 0 spiro atoms. The van der Waals surface area contributed by atoms with Crippen molar-refractivity contribution in [3.8, 4) is 0 Å². The van der Waals surface area contributed by atoms with E-state index < -0.39 is 0 Å². The van der Waals surface area contributed by atoms with E-state index in [-0.39, 0.29) is 24.0 Å². The average molecular weight is 101 g/mol. The molecule has 27 valence electrons. The molecule has 0 fully saturated rings. The maximum Gasteiger partial charge on any atom is 0 e. The van der Waals surface area contributed by atoms with E-state index in [0.29, 0.717) is 0 Å². The van der Waals surface area contributed by atoms with Crippen molar-refractivity contribution in [3.63, 3.8) is 0 Å². The molecule has 0 bridgehead atoms. The Morgan fingerprint density at radius 3 is 1.00 bits per heavy atom. The Morgan fingerprint density at radius 1 is 1.00 bits per heavy atom. The maximum absolute atomic E-state index is 4.00. The average Bonchev–Trinajstić information content (AvgIpc) is 1.00. The minimum Gasteiger partial charge on any atom is -0.412 e. The maximum atomic E-state index is 4.00. The molecule has 0 amide bonds. The molecule has 0 rings (SSSR count). The summed E-state index contributed by atoms with van der Waals surface area (Å²) in [5, 5.41) is 0. The van der Waals surface area contributed by atoms with E-state index in [4.69, 9.17) is 0 Å². The first-order valence-electron chi connectivity index (χ1n) is 0.333. The first kappa shape index (κ1) is 25.0. The third-order valence-electron chi connectivity index (χ3n) is 0. The molecule has 0 atom stereocenters. The Labute approximate surface area is 36.5 Å². The molecule has 0 unspecified atom stereocenters. The van der Waals surface area contributed by atoms with Crippen molar-refractivity contribution in [1.82, 2.24) is 0 Å². The van der Waals surface area contributed by atoms with E-state index in [1.807, 2.05) is 0 Å². The summed E-state index contributed by atoms with van der Waals surface area (Å²) < 4.78 is 0. The van der Waals surface area contributed by atoms with Crippen LogP contribution in [0.5, 0.6) is 0 Å². The molecule has 0 aliphatic rings. The molecule has 0 saturated carbocycles. The van der Waals surface area contributed by atoms with Gasteiger partial charge in [-0.1, -0.05) is 0 Å². The zero-order valence-corrected chi connectivity index (χ0v) is 3.50. The molecule has 0 aromatic carbocycles. The summed E-state index contributed by atoms with van der Waals surface area (Å²) in [5.41, 5.74) is 0. The van der Waals surface area contributed by atoms with Gasteiger partial charge in [-0.05, 0) is 0 Å². The molecule has 4 heteroatoms. The summed E-state index contributed by atoms with van der Waals surface area (Å²) in [5.74, 6) is 8.00. The monoisotopic (exact) mass is 101 g/mol. The summed E-state index contributed by atoms with van der Waals surface area (Å²) >= 11 is 0. The van der Waals surface area contributed by atoms with Crippen LogP contribution < -0.4 is 11.7 Å². The molecule has 1 radical (unpaired) electrons. The second kappa shape index (κ2) is 97.6. The van der Waals surface area contributed by atoms with Crippen molar-refractivity contribution in [2.75, 3.05) is 0 Å². The van der Waals surface area contributed by atoms with Crippen LogP contribution in [-0.2, 0) is 18.6 Å². The van der Waals surface area contributed by atoms with Crippen LogP contribution in [0.15, 0.2) is 0 Å². The predicted octanol–water partition coefficient (Wildman–Crippen LogP) is -2.01. The Morgan fingerprint density at radius 2 is 1.00 bits per heavy atom. The largest absolute Gasteiger partial charge is 0.412 e. The molecule has 6 N–H and O–H groups in total. The standard InChI is InChI=1S/H4N2.H2O.V/c1-2;;/h1-2H2;1H2;. The fourth-order valence-electron chi connectivity index (χ4n) is 0. The molecular formula is H6N2OV. The van der Waals surface area contributed by atoms with Gasteiger partial charge in [-0.25, -0.2) is 0 Å². The summed E-state index contributed by atoms with van der Waals surface area (Å²) in [6.07, 6.45) is 0. The summed E-state index contributed by atoms with van der Waals surface area (Å²) in [7, 11) is 0. The van der Waals surface area contributed by atoms with Crippen LogP contribution in [-0.4, -0.2) is 5.48 Å². The Balaban J connectivity index is -0.00000000500. The van der Waals surface area contributed by atoms with Crippen LogP contribution >= 0.6 is 0 Å². The van der Waals surface area contributed by atoms with Gasteiger partial charge in [0.05, 0.1) is 0 Å². The van der Waals surface area contributed by atoms with Gasteiger partial charge in [0.15, 0.2) is 0 Å². The normalized spacial score (nSPS) is 1.50. The summed E-state index contributed by atoms with van der Waals surface area (Å²) in [6.45, 7) is 0. The second-order valence-corrected chi connectivity index (χ2v) is 0. The van der Waals surface area contributed by atoms with E-state index in [2.05, 4.69) is 11.7 Å². The van der Waals surface area contributed by atoms with E-state index in [1.54, 1.807) is 0 Å². The molecular weight excluding hydrogens is 95.0 g/mol. The van der Waals surface area contributed by atoms with Crippen LogP contribution in [0, 0.1) is 0 Å². The summed E-state index contributed by atoms with van der Waals surface area (Å²) in [4.78, 5) is 0. The van der Waals surface area contributed by atoms with Crippen molar-refractivity contribution in [2.24, 2.45) is 11.7 Å². The number of hydrogen-bond donors (Lipinski definition) is 2. The predicted molar refractivity (Wildman–Crippen MR) is 12.0 cm³/mol. The molecule has 0 heterocycles. The van der Waals surface area contributed by atoms with Crippen LogP contribution in [0.4, 0.5) is 0 Å². The van der Waals surface area contributed by atoms with Gasteiger partial charge in [0.2, 0.25) is 0 Å². The molecule has 4 heavy (non-hydrogen) atoms. The fraction of sp³-hybridized carbons (Fsp3) is 0. The minimum atomic E-state index is 0. The van der Waals surface area contributed by atoms with Gasteiger partial charge in [0, 0.05) is 18.6 Å². The van der Waals surface area contributed by atoms with E-state index in [0.717, 1.165) is 0 Å². The van der Waals surface area contributed by atoms with Crippen molar-refractivity contribution < 1.29 is 24.0 Å². The molecule has 0 aromatic rings. The van der Waals surface area contributed by atoms with Gasteiger partial charge < -0.3 is 5.48 Å². The van der Waals surface area contributed by atoms with Gasteiger partial charge in [0.25, 0.3) is 0 Å². The van der Waals surface area contributed by atoms with E-state index in [9.17, 15) is 0 Å². The number of hydrogen-bond acceptors (Lipinski definition) is 2. The topological polar surface area (TPSA) is 83.5 Å². The van der Waals surface area contributed by atoms with Gasteiger partial charge in [-0.15, -0.1) is 0 Å². The third kappa shape index (κ3) is 24.5. The van der Waals surface area contributed by atoms with Crippen LogP contribution in [0.3, 0.4) is 0 Å². The number of rotatable bonds is 0. The van der Waals surface area contributed by atoms with Crippen molar-refractivity contribution in [1.29, 1.82) is 0 Å².